The van der Waals surface area contributed by atoms with E-state index in [1.54, 1.807) is 13.3 Å². The van der Waals surface area contributed by atoms with Gasteiger partial charge in [0.2, 0.25) is 11.2 Å². The van der Waals surface area contributed by atoms with Crippen LogP contribution in [0.1, 0.15) is 26.7 Å². The van der Waals surface area contributed by atoms with Gasteiger partial charge in [-0.05, 0) is 0 Å². The van der Waals surface area contributed by atoms with E-state index in [0.717, 1.165) is 0 Å². The minimum absolute atomic E-state index is 0.0809. The molecular formula is C13H27O9P3. The molecule has 0 saturated carbocycles. The highest BCUT2D eigenvalue weighted by Gasteiger charge is 2.52. The van der Waals surface area contributed by atoms with E-state index in [0.29, 0.717) is 12.8 Å². The van der Waals surface area contributed by atoms with Crippen LogP contribution in [0, 0.1) is 0 Å². The summed E-state index contributed by atoms with van der Waals surface area (Å²) in [5.41, 5.74) is -1.85. The molecule has 2 aliphatic heterocycles. The van der Waals surface area contributed by atoms with Crippen LogP contribution in [0.5, 0.6) is 0 Å². The van der Waals surface area contributed by atoms with Crippen molar-refractivity contribution in [3.8, 4) is 0 Å². The van der Waals surface area contributed by atoms with Gasteiger partial charge < -0.3 is 19.1 Å². The summed E-state index contributed by atoms with van der Waals surface area (Å²) in [6.45, 7) is 8.67. The molecule has 2 rings (SSSR count). The monoisotopic (exact) mass is 420 g/mol. The Bertz CT molecular complexity index is 469. The topological polar surface area (TPSA) is 106 Å². The lowest BCUT2D eigenvalue weighted by atomic mass is 10.0. The maximum absolute atomic E-state index is 12.6. The molecular weight excluding hydrogens is 393 g/mol. The zero-order valence-electron chi connectivity index (χ0n) is 15.3. The second kappa shape index (κ2) is 8.42. The van der Waals surface area contributed by atoms with Crippen LogP contribution >= 0.6 is 24.3 Å². The molecule has 0 bridgehead atoms. The van der Waals surface area contributed by atoms with E-state index in [4.69, 9.17) is 18.1 Å². The molecule has 0 aliphatic carbocycles. The zero-order chi connectivity index (χ0) is 18.9. The molecule has 0 aromatic rings. The molecule has 4 atom stereocenters. The van der Waals surface area contributed by atoms with Crippen LogP contribution in [-0.2, 0) is 31.3 Å². The molecule has 2 saturated heterocycles. The molecule has 0 radical (unpaired) electrons. The first-order chi connectivity index (χ1) is 11.6. The smallest absolute Gasteiger partial charge is 0.364 e. The molecule has 0 aromatic carbocycles. The van der Waals surface area contributed by atoms with Crippen molar-refractivity contribution in [3.05, 3.63) is 0 Å². The van der Waals surface area contributed by atoms with Crippen LogP contribution in [0.4, 0.5) is 0 Å². The Balaban J connectivity index is 1.95. The van der Waals surface area contributed by atoms with E-state index >= 15 is 0 Å². The van der Waals surface area contributed by atoms with E-state index in [1.807, 2.05) is 22.5 Å². The minimum atomic E-state index is -3.46. The third-order valence-corrected chi connectivity index (χ3v) is 8.53. The SMILES string of the molecule is CCC1(COP(C)(=O)OCC2(CC)COP(C)[O+]2[O-])COP(C)[O+]1[O-]. The Morgan fingerprint density at radius 1 is 1.00 bits per heavy atom. The fraction of sp³-hybridized carbons (Fsp3) is 1.00. The lowest BCUT2D eigenvalue weighted by Crippen LogP contribution is -2.48. The van der Waals surface area contributed by atoms with Crippen LogP contribution in [-0.4, -0.2) is 57.6 Å². The minimum Gasteiger partial charge on any atom is -0.532 e. The zero-order valence-corrected chi connectivity index (χ0v) is 17.9. The van der Waals surface area contributed by atoms with Crippen LogP contribution < -0.4 is 10.5 Å². The van der Waals surface area contributed by atoms with Crippen molar-refractivity contribution in [1.29, 1.82) is 0 Å². The highest BCUT2D eigenvalue weighted by atomic mass is 31.2. The highest BCUT2D eigenvalue weighted by molar-refractivity contribution is 7.53. The van der Waals surface area contributed by atoms with Gasteiger partial charge in [0.05, 0.1) is 13.3 Å². The predicted octanol–water partition coefficient (Wildman–Crippen LogP) is 1.74. The molecule has 25 heavy (non-hydrogen) atoms. The molecule has 2 aliphatic rings. The van der Waals surface area contributed by atoms with E-state index in [1.165, 1.54) is 6.66 Å². The Hall–Kier alpha value is 0.770. The summed E-state index contributed by atoms with van der Waals surface area (Å²) in [4.78, 5) is 0. The lowest BCUT2D eigenvalue weighted by molar-refractivity contribution is -0.761. The maximum atomic E-state index is 12.6. The average molecular weight is 420 g/mol. The van der Waals surface area contributed by atoms with Gasteiger partial charge in [-0.3, -0.25) is 22.7 Å². The molecule has 0 aromatic heterocycles. The molecule has 2 fully saturated rings. The molecule has 9 nitrogen and oxygen atoms in total. The Labute approximate surface area is 151 Å². The molecule has 0 amide bonds. The second-order valence-corrected chi connectivity index (χ2v) is 11.3. The summed E-state index contributed by atoms with van der Waals surface area (Å²) in [5, 5.41) is 24.4. The molecule has 0 N–H and O–H groups in total. The van der Waals surface area contributed by atoms with Crippen molar-refractivity contribution in [2.45, 2.75) is 37.9 Å². The summed E-state index contributed by atoms with van der Waals surface area (Å²) >= 11 is 0. The predicted molar refractivity (Wildman–Crippen MR) is 91.2 cm³/mol. The van der Waals surface area contributed by atoms with Crippen molar-refractivity contribution < 1.29 is 41.8 Å². The van der Waals surface area contributed by atoms with Crippen molar-refractivity contribution in [3.63, 3.8) is 0 Å². The van der Waals surface area contributed by atoms with Crippen molar-refractivity contribution in [2.24, 2.45) is 0 Å². The fourth-order valence-corrected chi connectivity index (χ4v) is 6.11. The summed E-state index contributed by atoms with van der Waals surface area (Å²) in [6.07, 6.45) is 0.954. The van der Waals surface area contributed by atoms with E-state index in [-0.39, 0.29) is 26.4 Å². The molecule has 2 heterocycles. The standard InChI is InChI=1S/C13H27O9P3/c1-6-12(8-17-23(3)21(12)14)10-19-25(5,16)20-11-13(7-2)9-18-24(4)22(13)15/h6-11H2,1-5H3. The summed E-state index contributed by atoms with van der Waals surface area (Å²) in [5.74, 6) is 0. The molecule has 4 unspecified atom stereocenters. The van der Waals surface area contributed by atoms with Crippen LogP contribution in [0.25, 0.3) is 0 Å². The van der Waals surface area contributed by atoms with E-state index in [2.05, 4.69) is 0 Å². The van der Waals surface area contributed by atoms with Gasteiger partial charge in [-0.1, -0.05) is 13.8 Å². The van der Waals surface area contributed by atoms with Gasteiger partial charge in [0.1, 0.15) is 26.4 Å². The van der Waals surface area contributed by atoms with Crippen LogP contribution in [0.3, 0.4) is 0 Å². The van der Waals surface area contributed by atoms with Gasteiger partial charge in [0, 0.05) is 19.5 Å². The Morgan fingerprint density at radius 2 is 1.36 bits per heavy atom. The first-order valence-corrected chi connectivity index (χ1v) is 13.3. The summed E-state index contributed by atoms with van der Waals surface area (Å²) < 4.78 is 38.0. The molecule has 12 heteroatoms. The largest absolute Gasteiger partial charge is 0.532 e. The van der Waals surface area contributed by atoms with Gasteiger partial charge in [-0.25, -0.2) is 0 Å². The van der Waals surface area contributed by atoms with Gasteiger partial charge in [0.25, 0.3) is 0 Å². The number of rotatable bonds is 8. The normalized spacial score (nSPS) is 39.8. The Morgan fingerprint density at radius 3 is 1.60 bits per heavy atom. The van der Waals surface area contributed by atoms with Gasteiger partial charge in [-0.2, -0.15) is 0 Å². The third kappa shape index (κ3) is 4.61. The quantitative estimate of drug-likeness (QED) is 0.335. The summed E-state index contributed by atoms with van der Waals surface area (Å²) in [7, 11) is -6.03. The number of hydrogen-bond acceptors (Lipinski definition) is 7. The molecule has 0 spiro atoms. The van der Waals surface area contributed by atoms with Gasteiger partial charge in [-0.15, -0.1) is 0 Å². The van der Waals surface area contributed by atoms with E-state index < -0.39 is 35.5 Å². The highest BCUT2D eigenvalue weighted by Crippen LogP contribution is 2.56. The maximum Gasteiger partial charge on any atom is 0.364 e. The number of hydrogen-bond donors (Lipinski definition) is 0. The fourth-order valence-electron chi connectivity index (χ4n) is 2.51. The first kappa shape index (κ1) is 22.1. The van der Waals surface area contributed by atoms with Crippen molar-refractivity contribution >= 4 is 24.3 Å². The van der Waals surface area contributed by atoms with Crippen molar-refractivity contribution in [1.82, 2.24) is 0 Å². The average Bonchev–Trinajstić information content (AvgIpc) is 3.04. The van der Waals surface area contributed by atoms with Crippen LogP contribution in [0.2, 0.25) is 0 Å². The lowest BCUT2D eigenvalue weighted by Gasteiger charge is -2.35. The summed E-state index contributed by atoms with van der Waals surface area (Å²) in [6, 6.07) is 0. The third-order valence-electron chi connectivity index (χ3n) is 4.64. The first-order valence-electron chi connectivity index (χ1n) is 8.05. The van der Waals surface area contributed by atoms with Crippen LogP contribution in [0.15, 0.2) is 0 Å². The second-order valence-electron chi connectivity index (χ2n) is 6.32. The van der Waals surface area contributed by atoms with E-state index in [9.17, 15) is 15.1 Å². The Kier molecular flexibility index (Phi) is 7.43. The van der Waals surface area contributed by atoms with Gasteiger partial charge in [0.15, 0.2) is 0 Å². The van der Waals surface area contributed by atoms with Crippen molar-refractivity contribution in [2.75, 3.05) is 46.4 Å². The molecule has 148 valence electrons. The van der Waals surface area contributed by atoms with Gasteiger partial charge >= 0.3 is 24.3 Å².